The fraction of sp³-hybridized carbons (Fsp3) is 0.529. The number of carbonyl (C=O) groups is 2. The van der Waals surface area contributed by atoms with Crippen molar-refractivity contribution in [3.8, 4) is 0 Å². The Labute approximate surface area is 147 Å². The van der Waals surface area contributed by atoms with Crippen molar-refractivity contribution in [2.75, 3.05) is 11.5 Å². The predicted molar refractivity (Wildman–Crippen MR) is 92.0 cm³/mol. The van der Waals surface area contributed by atoms with Crippen LogP contribution in [-0.4, -0.2) is 43.7 Å². The smallest absolute Gasteiger partial charge is 0.407 e. The molecule has 1 amide bonds. The first-order chi connectivity index (χ1) is 11.5. The van der Waals surface area contributed by atoms with E-state index in [-0.39, 0.29) is 18.1 Å². The van der Waals surface area contributed by atoms with Crippen LogP contribution in [-0.2, 0) is 25.9 Å². The van der Waals surface area contributed by atoms with Crippen molar-refractivity contribution in [3.05, 3.63) is 35.4 Å². The third-order valence-corrected chi connectivity index (χ3v) is 5.23. The Kier molecular flexibility index (Phi) is 5.72. The van der Waals surface area contributed by atoms with E-state index in [4.69, 9.17) is 9.47 Å². The summed E-state index contributed by atoms with van der Waals surface area (Å²) in [6.45, 7) is 5.61. The quantitative estimate of drug-likeness (QED) is 0.816. The summed E-state index contributed by atoms with van der Waals surface area (Å²) in [6.07, 6.45) is -0.754. The summed E-state index contributed by atoms with van der Waals surface area (Å²) in [7, 11) is -3.09. The minimum Gasteiger partial charge on any atom is -0.458 e. The molecule has 1 saturated heterocycles. The van der Waals surface area contributed by atoms with E-state index < -0.39 is 33.6 Å². The summed E-state index contributed by atoms with van der Waals surface area (Å²) >= 11 is 0. The number of ether oxygens (including phenoxy) is 2. The van der Waals surface area contributed by atoms with Gasteiger partial charge < -0.3 is 14.8 Å². The van der Waals surface area contributed by atoms with Crippen molar-refractivity contribution in [1.82, 2.24) is 5.32 Å². The zero-order chi connectivity index (χ0) is 18.7. The zero-order valence-corrected chi connectivity index (χ0v) is 15.4. The largest absolute Gasteiger partial charge is 0.458 e. The van der Waals surface area contributed by atoms with Gasteiger partial charge in [0.25, 0.3) is 0 Å². The van der Waals surface area contributed by atoms with Crippen LogP contribution in [0.25, 0.3) is 0 Å². The highest BCUT2D eigenvalue weighted by molar-refractivity contribution is 7.91. The van der Waals surface area contributed by atoms with E-state index in [1.54, 1.807) is 45.0 Å². The molecule has 25 heavy (non-hydrogen) atoms. The lowest BCUT2D eigenvalue weighted by Crippen LogP contribution is -2.32. The van der Waals surface area contributed by atoms with Gasteiger partial charge in [0.05, 0.1) is 17.1 Å². The van der Waals surface area contributed by atoms with Crippen molar-refractivity contribution in [1.29, 1.82) is 0 Å². The second-order valence-electron chi connectivity index (χ2n) is 6.98. The van der Waals surface area contributed by atoms with Gasteiger partial charge in [-0.2, -0.15) is 0 Å². The van der Waals surface area contributed by atoms with Crippen LogP contribution in [0.3, 0.4) is 0 Å². The molecule has 1 aliphatic heterocycles. The molecule has 1 heterocycles. The highest BCUT2D eigenvalue weighted by Crippen LogP contribution is 2.17. The standard InChI is InChI=1S/C17H23NO6S/c1-17(2,3)24-16(20)18-10-12-4-6-13(7-5-12)15(19)23-14-8-9-25(21,22)11-14/h4-7,14H,8-11H2,1-3H3,(H,18,20)/t14-/m0/s1. The lowest BCUT2D eigenvalue weighted by molar-refractivity contribution is 0.0355. The van der Waals surface area contributed by atoms with Crippen LogP contribution in [0, 0.1) is 0 Å². The van der Waals surface area contributed by atoms with Gasteiger partial charge in [0.1, 0.15) is 11.7 Å². The van der Waals surface area contributed by atoms with Crippen LogP contribution in [0.5, 0.6) is 0 Å². The Morgan fingerprint density at radius 3 is 2.36 bits per heavy atom. The first kappa shape index (κ1) is 19.2. The second-order valence-corrected chi connectivity index (χ2v) is 9.21. The molecule has 1 N–H and O–H groups in total. The van der Waals surface area contributed by atoms with E-state index in [0.717, 1.165) is 5.56 Å². The van der Waals surface area contributed by atoms with Gasteiger partial charge in [-0.05, 0) is 44.9 Å². The Bertz CT molecular complexity index is 733. The highest BCUT2D eigenvalue weighted by Gasteiger charge is 2.30. The molecule has 8 heteroatoms. The van der Waals surface area contributed by atoms with E-state index >= 15 is 0 Å². The normalized spacial score (nSPS) is 19.2. The SMILES string of the molecule is CC(C)(C)OC(=O)NCc1ccc(C(=O)O[C@H]2CCS(=O)(=O)C2)cc1. The third-order valence-electron chi connectivity index (χ3n) is 3.49. The third kappa shape index (κ3) is 6.38. The van der Waals surface area contributed by atoms with Crippen LogP contribution >= 0.6 is 0 Å². The fourth-order valence-corrected chi connectivity index (χ4v) is 3.91. The number of hydrogen-bond acceptors (Lipinski definition) is 6. The van der Waals surface area contributed by atoms with E-state index in [1.807, 2.05) is 0 Å². The number of carbonyl (C=O) groups excluding carboxylic acids is 2. The van der Waals surface area contributed by atoms with Gasteiger partial charge >= 0.3 is 12.1 Å². The van der Waals surface area contributed by atoms with Gasteiger partial charge in [0.15, 0.2) is 9.84 Å². The summed E-state index contributed by atoms with van der Waals surface area (Å²) in [5.74, 6) is -0.606. The second kappa shape index (κ2) is 7.43. The number of alkyl carbamates (subject to hydrolysis) is 1. The molecule has 138 valence electrons. The van der Waals surface area contributed by atoms with Crippen molar-refractivity contribution in [3.63, 3.8) is 0 Å². The van der Waals surface area contributed by atoms with Crippen molar-refractivity contribution >= 4 is 21.9 Å². The van der Waals surface area contributed by atoms with Crippen molar-refractivity contribution in [2.45, 2.75) is 45.4 Å². The molecule has 7 nitrogen and oxygen atoms in total. The molecule has 0 aliphatic carbocycles. The molecule has 0 saturated carbocycles. The predicted octanol–water partition coefficient (Wildman–Crippen LogP) is 2.06. The number of nitrogens with one attached hydrogen (secondary N) is 1. The first-order valence-electron chi connectivity index (χ1n) is 8.01. The summed E-state index contributed by atoms with van der Waals surface area (Å²) < 4.78 is 33.1. The molecule has 0 radical (unpaired) electrons. The summed E-state index contributed by atoms with van der Waals surface area (Å²) in [4.78, 5) is 23.6. The van der Waals surface area contributed by atoms with Gasteiger partial charge in [-0.25, -0.2) is 18.0 Å². The zero-order valence-electron chi connectivity index (χ0n) is 14.6. The minimum atomic E-state index is -3.09. The molecule has 0 spiro atoms. The molecule has 1 aliphatic rings. The van der Waals surface area contributed by atoms with E-state index in [9.17, 15) is 18.0 Å². The number of benzene rings is 1. The Morgan fingerprint density at radius 1 is 1.20 bits per heavy atom. The molecular weight excluding hydrogens is 346 g/mol. The van der Waals surface area contributed by atoms with E-state index in [0.29, 0.717) is 12.0 Å². The molecule has 0 aromatic heterocycles. The average molecular weight is 369 g/mol. The Balaban J connectivity index is 1.85. The average Bonchev–Trinajstić information content (AvgIpc) is 2.83. The van der Waals surface area contributed by atoms with Crippen molar-refractivity contribution < 1.29 is 27.5 Å². The maximum atomic E-state index is 12.0. The van der Waals surface area contributed by atoms with Gasteiger partial charge in [0.2, 0.25) is 0 Å². The molecule has 1 atom stereocenters. The van der Waals surface area contributed by atoms with Gasteiger partial charge in [-0.1, -0.05) is 12.1 Å². The molecule has 2 rings (SSSR count). The monoisotopic (exact) mass is 369 g/mol. The molecule has 0 unspecified atom stereocenters. The molecule has 1 fully saturated rings. The fourth-order valence-electron chi connectivity index (χ4n) is 2.32. The van der Waals surface area contributed by atoms with Crippen LogP contribution in [0.15, 0.2) is 24.3 Å². The maximum Gasteiger partial charge on any atom is 0.407 e. The molecule has 1 aromatic rings. The molecule has 1 aromatic carbocycles. The van der Waals surface area contributed by atoms with Crippen LogP contribution in [0.4, 0.5) is 4.79 Å². The summed E-state index contributed by atoms with van der Waals surface area (Å²) in [6, 6.07) is 6.55. The van der Waals surface area contributed by atoms with E-state index in [2.05, 4.69) is 5.32 Å². The number of rotatable bonds is 4. The first-order valence-corrected chi connectivity index (χ1v) is 9.83. The minimum absolute atomic E-state index is 0.0558. The number of sulfone groups is 1. The van der Waals surface area contributed by atoms with Crippen LogP contribution < -0.4 is 5.32 Å². The number of esters is 1. The highest BCUT2D eigenvalue weighted by atomic mass is 32.2. The molecular formula is C17H23NO6S. The lowest BCUT2D eigenvalue weighted by atomic mass is 10.1. The van der Waals surface area contributed by atoms with Crippen LogP contribution in [0.1, 0.15) is 43.1 Å². The Morgan fingerprint density at radius 2 is 1.84 bits per heavy atom. The molecule has 0 bridgehead atoms. The number of hydrogen-bond donors (Lipinski definition) is 1. The van der Waals surface area contributed by atoms with E-state index in [1.165, 1.54) is 0 Å². The topological polar surface area (TPSA) is 98.8 Å². The van der Waals surface area contributed by atoms with Gasteiger partial charge in [-0.3, -0.25) is 0 Å². The van der Waals surface area contributed by atoms with Crippen molar-refractivity contribution in [2.24, 2.45) is 0 Å². The van der Waals surface area contributed by atoms with Gasteiger partial charge in [0, 0.05) is 6.54 Å². The lowest BCUT2D eigenvalue weighted by Gasteiger charge is -2.19. The van der Waals surface area contributed by atoms with Crippen LogP contribution in [0.2, 0.25) is 0 Å². The summed E-state index contributed by atoms with van der Waals surface area (Å²) in [5, 5.41) is 2.63. The summed E-state index contributed by atoms with van der Waals surface area (Å²) in [5.41, 5.74) is 0.571. The number of amides is 1. The maximum absolute atomic E-state index is 12.0. The Hall–Kier alpha value is -2.09. The van der Waals surface area contributed by atoms with Gasteiger partial charge in [-0.15, -0.1) is 0 Å².